The minimum atomic E-state index is -4.63. The second-order valence-corrected chi connectivity index (χ2v) is 6.62. The maximum absolute atomic E-state index is 12.9. The van der Waals surface area contributed by atoms with Crippen molar-refractivity contribution in [2.75, 3.05) is 24.6 Å². The first-order valence-corrected chi connectivity index (χ1v) is 8.92. The highest BCUT2D eigenvalue weighted by atomic mass is 19.4. The quantitative estimate of drug-likeness (QED) is 0.658. The van der Waals surface area contributed by atoms with E-state index in [4.69, 9.17) is 4.74 Å². The van der Waals surface area contributed by atoms with Gasteiger partial charge in [0.25, 0.3) is 5.82 Å². The van der Waals surface area contributed by atoms with Crippen molar-refractivity contribution in [1.29, 1.82) is 0 Å². The lowest BCUT2D eigenvalue weighted by molar-refractivity contribution is -0.146. The number of alkyl halides is 3. The van der Waals surface area contributed by atoms with Gasteiger partial charge in [-0.1, -0.05) is 6.92 Å². The summed E-state index contributed by atoms with van der Waals surface area (Å²) in [5.41, 5.74) is 1.09. The van der Waals surface area contributed by atoms with Gasteiger partial charge in [0, 0.05) is 37.5 Å². The van der Waals surface area contributed by atoms with Crippen molar-refractivity contribution in [3.05, 3.63) is 35.9 Å². The van der Waals surface area contributed by atoms with E-state index in [1.54, 1.807) is 0 Å². The Morgan fingerprint density at radius 2 is 1.96 bits per heavy atom. The molecule has 0 aliphatic carbocycles. The molecule has 1 unspecified atom stereocenters. The zero-order chi connectivity index (χ0) is 19.7. The van der Waals surface area contributed by atoms with E-state index in [0.29, 0.717) is 23.6 Å². The first-order valence-electron chi connectivity index (χ1n) is 8.92. The molecule has 1 aliphatic rings. The van der Waals surface area contributed by atoms with Gasteiger partial charge in [-0.2, -0.15) is 17.7 Å². The van der Waals surface area contributed by atoms with Crippen LogP contribution in [0.15, 0.2) is 24.5 Å². The molecule has 11 heteroatoms. The van der Waals surface area contributed by atoms with Crippen LogP contribution in [0.3, 0.4) is 0 Å². The Balaban J connectivity index is 1.39. The fourth-order valence-corrected chi connectivity index (χ4v) is 3.07. The monoisotopic (exact) mass is 393 g/mol. The topological polar surface area (TPSA) is 81.3 Å². The minimum absolute atomic E-state index is 0.0133. The number of halogens is 3. The maximum atomic E-state index is 12.9. The van der Waals surface area contributed by atoms with Crippen LogP contribution in [0.25, 0.3) is 5.65 Å². The number of hydrogen-bond acceptors (Lipinski definition) is 7. The molecule has 4 rings (SSSR count). The van der Waals surface area contributed by atoms with Crippen LogP contribution in [0, 0.1) is 5.92 Å². The van der Waals surface area contributed by atoms with Gasteiger partial charge in [-0.05, 0) is 24.5 Å². The van der Waals surface area contributed by atoms with Gasteiger partial charge in [0.15, 0.2) is 5.65 Å². The normalized spacial score (nSPS) is 17.4. The molecule has 0 aromatic carbocycles. The van der Waals surface area contributed by atoms with Crippen molar-refractivity contribution in [2.45, 2.75) is 25.9 Å². The van der Waals surface area contributed by atoms with Crippen LogP contribution in [0.2, 0.25) is 0 Å². The Morgan fingerprint density at radius 3 is 2.68 bits per heavy atom. The van der Waals surface area contributed by atoms with Gasteiger partial charge in [0.1, 0.15) is 0 Å². The number of aromatic nitrogens is 6. The Bertz CT molecular complexity index is 958. The Labute approximate surface area is 158 Å². The SMILES string of the molecule is CCc1cnc(N2CCC(COc3ccc4nnc(C(F)(F)F)n4n3)C2)nc1. The summed E-state index contributed by atoms with van der Waals surface area (Å²) < 4.78 is 45.1. The number of nitrogens with zero attached hydrogens (tertiary/aromatic N) is 7. The molecule has 1 saturated heterocycles. The fourth-order valence-electron chi connectivity index (χ4n) is 3.07. The van der Waals surface area contributed by atoms with E-state index in [1.165, 1.54) is 12.1 Å². The third-order valence-corrected chi connectivity index (χ3v) is 4.63. The van der Waals surface area contributed by atoms with Gasteiger partial charge >= 0.3 is 6.18 Å². The molecule has 8 nitrogen and oxygen atoms in total. The summed E-state index contributed by atoms with van der Waals surface area (Å²) in [5, 5.41) is 10.5. The van der Waals surface area contributed by atoms with Gasteiger partial charge in [-0.25, -0.2) is 9.97 Å². The largest absolute Gasteiger partial charge is 0.476 e. The van der Waals surface area contributed by atoms with Crippen molar-refractivity contribution in [1.82, 2.24) is 29.8 Å². The molecule has 0 radical (unpaired) electrons. The lowest BCUT2D eigenvalue weighted by Crippen LogP contribution is -2.24. The molecule has 3 aromatic rings. The molecular formula is C17H18F3N7O. The molecule has 3 aromatic heterocycles. The summed E-state index contributed by atoms with van der Waals surface area (Å²) in [4.78, 5) is 10.8. The lowest BCUT2D eigenvalue weighted by atomic mass is 10.1. The van der Waals surface area contributed by atoms with Gasteiger partial charge in [-0.15, -0.1) is 15.3 Å². The van der Waals surface area contributed by atoms with Crippen LogP contribution in [-0.4, -0.2) is 49.5 Å². The molecule has 0 bridgehead atoms. The standard InChI is InChI=1S/C17H18F3N7O/c1-2-11-7-21-16(22-8-11)26-6-5-12(9-26)10-28-14-4-3-13-23-24-15(17(18,19)20)27(13)25-14/h3-4,7-8,12H,2,5-6,9-10H2,1H3. The third kappa shape index (κ3) is 3.69. The number of aryl methyl sites for hydroxylation is 1. The van der Waals surface area contributed by atoms with E-state index in [-0.39, 0.29) is 17.4 Å². The highest BCUT2D eigenvalue weighted by Crippen LogP contribution is 2.28. The molecule has 28 heavy (non-hydrogen) atoms. The van der Waals surface area contributed by atoms with Crippen LogP contribution in [0.1, 0.15) is 24.7 Å². The zero-order valence-electron chi connectivity index (χ0n) is 15.1. The molecule has 1 fully saturated rings. The van der Waals surface area contributed by atoms with E-state index < -0.39 is 12.0 Å². The summed E-state index contributed by atoms with van der Waals surface area (Å²) in [6.45, 7) is 3.90. The van der Waals surface area contributed by atoms with E-state index in [9.17, 15) is 13.2 Å². The first-order chi connectivity index (χ1) is 13.4. The average molecular weight is 393 g/mol. The highest BCUT2D eigenvalue weighted by Gasteiger charge is 2.37. The van der Waals surface area contributed by atoms with Crippen LogP contribution in [0.5, 0.6) is 5.88 Å². The second-order valence-electron chi connectivity index (χ2n) is 6.62. The van der Waals surface area contributed by atoms with E-state index in [2.05, 4.69) is 30.2 Å². The number of hydrogen-bond donors (Lipinski definition) is 0. The Morgan fingerprint density at radius 1 is 1.18 bits per heavy atom. The average Bonchev–Trinajstić information content (AvgIpc) is 3.33. The van der Waals surface area contributed by atoms with Crippen LogP contribution in [-0.2, 0) is 12.6 Å². The molecule has 1 aliphatic heterocycles. The minimum Gasteiger partial charge on any atom is -0.476 e. The molecule has 4 heterocycles. The molecule has 1 atom stereocenters. The summed E-state index contributed by atoms with van der Waals surface area (Å²) >= 11 is 0. The number of fused-ring (bicyclic) bond motifs is 1. The molecule has 0 spiro atoms. The summed E-state index contributed by atoms with van der Waals surface area (Å²) in [5.74, 6) is -0.194. The summed E-state index contributed by atoms with van der Waals surface area (Å²) in [7, 11) is 0. The smallest absolute Gasteiger partial charge is 0.453 e. The van der Waals surface area contributed by atoms with Gasteiger partial charge < -0.3 is 9.64 Å². The van der Waals surface area contributed by atoms with Crippen LogP contribution < -0.4 is 9.64 Å². The van der Waals surface area contributed by atoms with E-state index in [0.717, 1.165) is 24.9 Å². The van der Waals surface area contributed by atoms with Gasteiger partial charge in [0.05, 0.1) is 6.61 Å². The van der Waals surface area contributed by atoms with Crippen molar-refractivity contribution < 1.29 is 17.9 Å². The third-order valence-electron chi connectivity index (χ3n) is 4.63. The molecular weight excluding hydrogens is 375 g/mol. The molecule has 0 amide bonds. The number of ether oxygens (including phenoxy) is 1. The van der Waals surface area contributed by atoms with Crippen molar-refractivity contribution in [2.24, 2.45) is 5.92 Å². The molecule has 148 valence electrons. The Kier molecular flexibility index (Phi) is 4.73. The van der Waals surface area contributed by atoms with Crippen LogP contribution in [0.4, 0.5) is 19.1 Å². The van der Waals surface area contributed by atoms with Crippen molar-refractivity contribution >= 4 is 11.6 Å². The predicted octanol–water partition coefficient (Wildman–Crippen LogP) is 2.40. The number of anilines is 1. The van der Waals surface area contributed by atoms with E-state index >= 15 is 0 Å². The van der Waals surface area contributed by atoms with Crippen molar-refractivity contribution in [3.63, 3.8) is 0 Å². The Hall–Kier alpha value is -2.98. The van der Waals surface area contributed by atoms with Crippen molar-refractivity contribution in [3.8, 4) is 5.88 Å². The first kappa shape index (κ1) is 18.4. The van der Waals surface area contributed by atoms with Gasteiger partial charge in [0.2, 0.25) is 11.8 Å². The number of rotatable bonds is 5. The molecule has 0 saturated carbocycles. The van der Waals surface area contributed by atoms with E-state index in [1.807, 2.05) is 19.3 Å². The predicted molar refractivity (Wildman–Crippen MR) is 93.0 cm³/mol. The lowest BCUT2D eigenvalue weighted by Gasteiger charge is -2.16. The zero-order valence-corrected chi connectivity index (χ0v) is 15.1. The highest BCUT2D eigenvalue weighted by molar-refractivity contribution is 5.38. The summed E-state index contributed by atoms with van der Waals surface area (Å²) in [6.07, 6.45) is 0.772. The second kappa shape index (κ2) is 7.21. The summed E-state index contributed by atoms with van der Waals surface area (Å²) in [6, 6.07) is 2.89. The fraction of sp³-hybridized carbons (Fsp3) is 0.471. The van der Waals surface area contributed by atoms with Gasteiger partial charge in [-0.3, -0.25) is 0 Å². The van der Waals surface area contributed by atoms with Crippen LogP contribution >= 0.6 is 0 Å². The maximum Gasteiger partial charge on any atom is 0.453 e. The molecule has 0 N–H and O–H groups in total.